The van der Waals surface area contributed by atoms with Crippen LogP contribution < -0.4 is 5.73 Å². The molecule has 2 fully saturated rings. The van der Waals surface area contributed by atoms with Crippen LogP contribution in [0, 0.1) is 11.3 Å². The molecule has 1 spiro atoms. The van der Waals surface area contributed by atoms with Crippen LogP contribution in [0.4, 0.5) is 5.82 Å². The normalized spacial score (nSPS) is 37.8. The molecular formula is C15H20N4O3. The van der Waals surface area contributed by atoms with Gasteiger partial charge in [-0.15, -0.1) is 0 Å². The third kappa shape index (κ3) is 1.73. The van der Waals surface area contributed by atoms with Gasteiger partial charge in [0.2, 0.25) is 0 Å². The predicted octanol–water partition coefficient (Wildman–Crippen LogP) is 0.0688. The molecule has 2 aromatic heterocycles. The quantitative estimate of drug-likeness (QED) is 0.623. The molecule has 5 N–H and O–H groups in total. The fourth-order valence-corrected chi connectivity index (χ4v) is 4.38. The molecule has 0 bridgehead atoms. The van der Waals surface area contributed by atoms with Crippen LogP contribution in [-0.2, 0) is 0 Å². The van der Waals surface area contributed by atoms with Crippen molar-refractivity contribution in [2.45, 2.75) is 37.5 Å². The average molecular weight is 304 g/mol. The predicted molar refractivity (Wildman–Crippen MR) is 79.9 cm³/mol. The first-order valence-electron chi connectivity index (χ1n) is 7.60. The van der Waals surface area contributed by atoms with Gasteiger partial charge in [-0.25, -0.2) is 9.97 Å². The Morgan fingerprint density at radius 3 is 2.77 bits per heavy atom. The minimum absolute atomic E-state index is 0.144. The summed E-state index contributed by atoms with van der Waals surface area (Å²) in [5, 5.41) is 31.0. The monoisotopic (exact) mass is 304 g/mol. The molecule has 118 valence electrons. The van der Waals surface area contributed by atoms with Gasteiger partial charge in [0.15, 0.2) is 0 Å². The van der Waals surface area contributed by atoms with Gasteiger partial charge in [-0.3, -0.25) is 0 Å². The second-order valence-electron chi connectivity index (χ2n) is 6.75. The molecule has 2 saturated carbocycles. The summed E-state index contributed by atoms with van der Waals surface area (Å²) < 4.78 is 1.89. The van der Waals surface area contributed by atoms with Crippen molar-refractivity contribution in [1.29, 1.82) is 0 Å². The number of aromatic nitrogens is 3. The number of nitrogens with two attached hydrogens (primary N) is 1. The fraction of sp³-hybridized carbons (Fsp3) is 0.600. The molecule has 0 aromatic carbocycles. The minimum Gasteiger partial charge on any atom is -0.396 e. The van der Waals surface area contributed by atoms with Crippen LogP contribution >= 0.6 is 0 Å². The summed E-state index contributed by atoms with van der Waals surface area (Å²) in [5.74, 6) is 0.649. The molecule has 7 heteroatoms. The van der Waals surface area contributed by atoms with E-state index in [-0.39, 0.29) is 24.0 Å². The number of aliphatic hydroxyl groups excluding tert-OH is 3. The molecule has 4 rings (SSSR count). The largest absolute Gasteiger partial charge is 0.396 e. The average Bonchev–Trinajstić information content (AvgIpc) is 3.00. The standard InChI is InChI=1S/C15H20N4O3/c16-13-9-1-2-19(14(9)18-7-17-13)10-5-15(12(22)11(10)21)3-8(4-15)6-20/h1-2,7-8,10-12,20-22H,3-6H2,(H2,16,17,18)/t8-,10-,11+,12+,15+/m1/s1. The van der Waals surface area contributed by atoms with Gasteiger partial charge >= 0.3 is 0 Å². The van der Waals surface area contributed by atoms with E-state index in [9.17, 15) is 15.3 Å². The molecule has 0 radical (unpaired) electrons. The van der Waals surface area contributed by atoms with E-state index in [4.69, 9.17) is 5.73 Å². The molecule has 2 heterocycles. The van der Waals surface area contributed by atoms with Gasteiger partial charge < -0.3 is 25.6 Å². The Kier molecular flexibility index (Phi) is 2.94. The lowest BCUT2D eigenvalue weighted by atomic mass is 9.60. The van der Waals surface area contributed by atoms with Crippen molar-refractivity contribution < 1.29 is 15.3 Å². The van der Waals surface area contributed by atoms with Crippen LogP contribution in [-0.4, -0.2) is 48.7 Å². The maximum Gasteiger partial charge on any atom is 0.145 e. The second-order valence-corrected chi connectivity index (χ2v) is 6.75. The van der Waals surface area contributed by atoms with Gasteiger partial charge in [0, 0.05) is 18.2 Å². The molecule has 0 aliphatic heterocycles. The molecule has 2 aromatic rings. The highest BCUT2D eigenvalue weighted by molar-refractivity contribution is 5.86. The number of fused-ring (bicyclic) bond motifs is 1. The molecule has 0 unspecified atom stereocenters. The van der Waals surface area contributed by atoms with Gasteiger partial charge in [0.05, 0.1) is 17.5 Å². The number of hydrogen-bond donors (Lipinski definition) is 4. The molecule has 7 nitrogen and oxygen atoms in total. The minimum atomic E-state index is -0.841. The Bertz CT molecular complexity index is 710. The molecule has 2 aliphatic rings. The topological polar surface area (TPSA) is 117 Å². The lowest BCUT2D eigenvalue weighted by Crippen LogP contribution is -2.47. The highest BCUT2D eigenvalue weighted by Gasteiger charge is 2.59. The summed E-state index contributed by atoms with van der Waals surface area (Å²) in [6.07, 6.45) is 3.84. The van der Waals surface area contributed by atoms with Crippen LogP contribution in [0.25, 0.3) is 11.0 Å². The number of aliphatic hydroxyl groups is 3. The lowest BCUT2D eigenvalue weighted by molar-refractivity contribution is -0.0936. The molecule has 0 amide bonds. The van der Waals surface area contributed by atoms with Gasteiger partial charge in [-0.05, 0) is 31.2 Å². The van der Waals surface area contributed by atoms with E-state index in [1.807, 2.05) is 16.8 Å². The zero-order valence-electron chi connectivity index (χ0n) is 12.1. The van der Waals surface area contributed by atoms with Crippen molar-refractivity contribution in [3.63, 3.8) is 0 Å². The van der Waals surface area contributed by atoms with E-state index < -0.39 is 12.2 Å². The second kappa shape index (κ2) is 4.65. The summed E-state index contributed by atoms with van der Waals surface area (Å²) in [7, 11) is 0. The van der Waals surface area contributed by atoms with Crippen molar-refractivity contribution in [1.82, 2.24) is 14.5 Å². The van der Waals surface area contributed by atoms with Crippen LogP contribution in [0.2, 0.25) is 0 Å². The Balaban J connectivity index is 1.69. The Morgan fingerprint density at radius 2 is 2.05 bits per heavy atom. The van der Waals surface area contributed by atoms with E-state index in [1.54, 1.807) is 0 Å². The first-order valence-corrected chi connectivity index (χ1v) is 7.60. The highest BCUT2D eigenvalue weighted by Crippen LogP contribution is 2.59. The van der Waals surface area contributed by atoms with E-state index in [0.717, 1.165) is 18.2 Å². The van der Waals surface area contributed by atoms with E-state index >= 15 is 0 Å². The van der Waals surface area contributed by atoms with Crippen molar-refractivity contribution >= 4 is 16.9 Å². The van der Waals surface area contributed by atoms with Crippen LogP contribution in [0.15, 0.2) is 18.6 Å². The molecule has 0 saturated heterocycles. The molecule has 2 aliphatic carbocycles. The molecule has 3 atom stereocenters. The van der Waals surface area contributed by atoms with Crippen LogP contribution in [0.5, 0.6) is 0 Å². The summed E-state index contributed by atoms with van der Waals surface area (Å²) in [6.45, 7) is 0.144. The maximum absolute atomic E-state index is 10.5. The summed E-state index contributed by atoms with van der Waals surface area (Å²) in [4.78, 5) is 8.24. The van der Waals surface area contributed by atoms with Crippen LogP contribution in [0.3, 0.4) is 0 Å². The van der Waals surface area contributed by atoms with E-state index in [2.05, 4.69) is 9.97 Å². The summed E-state index contributed by atoms with van der Waals surface area (Å²) in [6, 6.07) is 1.60. The van der Waals surface area contributed by atoms with Crippen molar-refractivity contribution in [3.05, 3.63) is 18.6 Å². The summed E-state index contributed by atoms with van der Waals surface area (Å²) in [5.41, 5.74) is 6.25. The Hall–Kier alpha value is -1.70. The Morgan fingerprint density at radius 1 is 1.27 bits per heavy atom. The van der Waals surface area contributed by atoms with Gasteiger partial charge in [0.1, 0.15) is 23.9 Å². The smallest absolute Gasteiger partial charge is 0.145 e. The number of rotatable bonds is 2. The number of hydrogen-bond acceptors (Lipinski definition) is 6. The van der Waals surface area contributed by atoms with E-state index in [0.29, 0.717) is 17.9 Å². The third-order valence-electron chi connectivity index (χ3n) is 5.51. The first kappa shape index (κ1) is 13.9. The number of anilines is 1. The Labute approximate surface area is 127 Å². The van der Waals surface area contributed by atoms with Crippen molar-refractivity contribution in [2.75, 3.05) is 12.3 Å². The van der Waals surface area contributed by atoms with Crippen molar-refractivity contribution in [2.24, 2.45) is 11.3 Å². The third-order valence-corrected chi connectivity index (χ3v) is 5.51. The zero-order chi connectivity index (χ0) is 15.5. The number of nitrogens with zero attached hydrogens (tertiary/aromatic N) is 3. The number of nitrogen functional groups attached to an aromatic ring is 1. The SMILES string of the molecule is Nc1ncnc2c1ccn2[C@@H]1C[C@]2(C[C@H](CO)C2)[C@@H](O)[C@H]1O. The summed E-state index contributed by atoms with van der Waals surface area (Å²) >= 11 is 0. The van der Waals surface area contributed by atoms with Gasteiger partial charge in [-0.1, -0.05) is 0 Å². The van der Waals surface area contributed by atoms with Crippen molar-refractivity contribution in [3.8, 4) is 0 Å². The molecule has 22 heavy (non-hydrogen) atoms. The van der Waals surface area contributed by atoms with Gasteiger partial charge in [0.25, 0.3) is 0 Å². The van der Waals surface area contributed by atoms with Gasteiger partial charge in [-0.2, -0.15) is 0 Å². The zero-order valence-corrected chi connectivity index (χ0v) is 12.1. The van der Waals surface area contributed by atoms with E-state index in [1.165, 1.54) is 6.33 Å². The lowest BCUT2D eigenvalue weighted by Gasteiger charge is -2.47. The highest BCUT2D eigenvalue weighted by atomic mass is 16.3. The fourth-order valence-electron chi connectivity index (χ4n) is 4.38. The first-order chi connectivity index (χ1) is 10.6. The van der Waals surface area contributed by atoms with Crippen LogP contribution in [0.1, 0.15) is 25.3 Å². The maximum atomic E-state index is 10.5. The molecular weight excluding hydrogens is 284 g/mol.